The van der Waals surface area contributed by atoms with E-state index >= 15 is 0 Å². The van der Waals surface area contributed by atoms with Crippen LogP contribution in [-0.2, 0) is 43.2 Å². The molecule has 2 saturated heterocycles. The SMILES string of the molecule is NC(=O)CC[C@H](NC(=O)[C@@H](CCCN=C(N)N)NC(=O)[C@@H](CCCN=C(N)N)NC(=O)[C@@H]1CCCN1C(=O)c1ccccc1)C(=O)N[C@@H](CC1CCCCC1)C(=O)N[C@H]1CC(=O)NC[C@@H](C(N)=O)NC1=O. The second-order valence-corrected chi connectivity index (χ2v) is 17.9. The first kappa shape index (κ1) is 56.1. The Balaban J connectivity index is 1.58. The summed E-state index contributed by atoms with van der Waals surface area (Å²) in [6, 6.07) is -0.712. The van der Waals surface area contributed by atoms with Crippen molar-refractivity contribution in [2.45, 2.75) is 139 Å². The fourth-order valence-corrected chi connectivity index (χ4v) is 8.65. The third kappa shape index (κ3) is 18.7. The van der Waals surface area contributed by atoms with E-state index in [4.69, 9.17) is 34.4 Å². The van der Waals surface area contributed by atoms with Crippen LogP contribution in [0.3, 0.4) is 0 Å². The number of aliphatic imine (C=N–C) groups is 2. The van der Waals surface area contributed by atoms with Gasteiger partial charge in [0, 0.05) is 38.2 Å². The number of rotatable bonds is 25. The van der Waals surface area contributed by atoms with Crippen LogP contribution in [0.2, 0.25) is 0 Å². The summed E-state index contributed by atoms with van der Waals surface area (Å²) in [7, 11) is 0. The molecule has 26 nitrogen and oxygen atoms in total. The van der Waals surface area contributed by atoms with Crippen molar-refractivity contribution in [1.29, 1.82) is 0 Å². The molecule has 1 aliphatic carbocycles. The molecular formula is C45H70N16O10. The largest absolute Gasteiger partial charge is 0.370 e. The predicted molar refractivity (Wildman–Crippen MR) is 258 cm³/mol. The monoisotopic (exact) mass is 995 g/mol. The van der Waals surface area contributed by atoms with Crippen LogP contribution in [0.25, 0.3) is 0 Å². The molecule has 26 heteroatoms. The third-order valence-corrected chi connectivity index (χ3v) is 12.4. The number of benzene rings is 1. The Kier molecular flexibility index (Phi) is 22.3. The maximum absolute atomic E-state index is 14.3. The van der Waals surface area contributed by atoms with Crippen LogP contribution in [0.15, 0.2) is 40.3 Å². The predicted octanol–water partition coefficient (Wildman–Crippen LogP) is -4.45. The Morgan fingerprint density at radius 1 is 0.676 bits per heavy atom. The highest BCUT2D eigenvalue weighted by molar-refractivity contribution is 6.00. The van der Waals surface area contributed by atoms with E-state index in [0.717, 1.165) is 32.1 Å². The highest BCUT2D eigenvalue weighted by atomic mass is 16.2. The van der Waals surface area contributed by atoms with Crippen LogP contribution in [0.1, 0.15) is 107 Å². The van der Waals surface area contributed by atoms with Crippen molar-refractivity contribution in [3.8, 4) is 0 Å². The van der Waals surface area contributed by atoms with Gasteiger partial charge in [-0.05, 0) is 69.4 Å². The molecule has 0 spiro atoms. The molecule has 4 rings (SSSR count). The fraction of sp³-hybridized carbons (Fsp3) is 0.600. The summed E-state index contributed by atoms with van der Waals surface area (Å²) in [5, 5.41) is 18.1. The molecule has 0 aromatic heterocycles. The fourth-order valence-electron chi connectivity index (χ4n) is 8.65. The van der Waals surface area contributed by atoms with Crippen molar-refractivity contribution in [3.05, 3.63) is 35.9 Å². The van der Waals surface area contributed by atoms with Crippen LogP contribution in [0, 0.1) is 5.92 Å². The zero-order valence-corrected chi connectivity index (χ0v) is 39.8. The lowest BCUT2D eigenvalue weighted by molar-refractivity contribution is -0.137. The Labute approximate surface area is 411 Å². The summed E-state index contributed by atoms with van der Waals surface area (Å²) in [4.78, 5) is 143. The van der Waals surface area contributed by atoms with Crippen LogP contribution in [0.4, 0.5) is 0 Å². The van der Waals surface area contributed by atoms with E-state index in [1.807, 2.05) is 0 Å². The van der Waals surface area contributed by atoms with Crippen molar-refractivity contribution < 1.29 is 47.9 Å². The second-order valence-electron chi connectivity index (χ2n) is 17.9. The molecule has 19 N–H and O–H groups in total. The molecule has 1 aromatic carbocycles. The quantitative estimate of drug-likeness (QED) is 0.0250. The highest BCUT2D eigenvalue weighted by Crippen LogP contribution is 2.28. The summed E-state index contributed by atoms with van der Waals surface area (Å²) in [5.74, 6) is -8.10. The van der Waals surface area contributed by atoms with Crippen LogP contribution < -0.4 is 71.6 Å². The molecule has 3 fully saturated rings. The van der Waals surface area contributed by atoms with E-state index in [9.17, 15) is 47.9 Å². The average molecular weight is 995 g/mol. The Bertz CT molecular complexity index is 2130. The van der Waals surface area contributed by atoms with Crippen LogP contribution >= 0.6 is 0 Å². The summed E-state index contributed by atoms with van der Waals surface area (Å²) in [6.07, 6.45) is 4.12. The van der Waals surface area contributed by atoms with Gasteiger partial charge in [-0.3, -0.25) is 57.9 Å². The normalized spacial score (nSPS) is 19.8. The summed E-state index contributed by atoms with van der Waals surface area (Å²) in [5.41, 5.74) is 33.3. The molecule has 0 bridgehead atoms. The van der Waals surface area contributed by atoms with Crippen molar-refractivity contribution in [2.75, 3.05) is 26.2 Å². The van der Waals surface area contributed by atoms with Gasteiger partial charge in [0.2, 0.25) is 53.2 Å². The summed E-state index contributed by atoms with van der Waals surface area (Å²) in [6.45, 7) is 0.162. The zero-order valence-electron chi connectivity index (χ0n) is 39.8. The van der Waals surface area contributed by atoms with Crippen LogP contribution in [-0.4, -0.2) is 144 Å². The molecule has 390 valence electrons. The van der Waals surface area contributed by atoms with Gasteiger partial charge in [-0.1, -0.05) is 50.3 Å². The molecule has 1 aromatic rings. The minimum absolute atomic E-state index is 0.0109. The smallest absolute Gasteiger partial charge is 0.254 e. The number of nitrogens with zero attached hydrogens (tertiary/aromatic N) is 3. The minimum Gasteiger partial charge on any atom is -0.370 e. The van der Waals surface area contributed by atoms with E-state index in [0.29, 0.717) is 24.9 Å². The van der Waals surface area contributed by atoms with Gasteiger partial charge in [0.25, 0.3) is 5.91 Å². The van der Waals surface area contributed by atoms with E-state index < -0.39 is 108 Å². The standard InChI is InChI=1S/C45H70N16O10/c46-34(62)18-17-29(39(67)58-30(22-25-10-3-1-4-11-25)40(68)59-31-23-35(63)54-24-32(36(47)64)60-41(31)69)56-37(65)27(14-7-19-52-44(48)49)55-38(66)28(15-8-20-53-45(50)51)57-42(70)33-16-9-21-61(33)43(71)26-12-5-2-6-13-26/h2,5-6,12-13,25,27-33H,1,3-4,7-11,14-24H2,(H2,46,62)(H2,47,64)(H,54,63)(H,55,66)(H,56,65)(H,57,70)(H,58,67)(H,59,68)(H,60,69)(H4,48,49,52)(H4,50,51,53)/t27-,28-,29+,30+,31+,32+,33+/m1/s1. The molecule has 10 amide bonds. The highest BCUT2D eigenvalue weighted by Gasteiger charge is 2.38. The first-order valence-electron chi connectivity index (χ1n) is 24.0. The number of likely N-dealkylation sites (tertiary alicyclic amines) is 1. The average Bonchev–Trinajstić information content (AvgIpc) is 3.83. The second kappa shape index (κ2) is 28.2. The molecular weight excluding hydrogens is 925 g/mol. The van der Waals surface area contributed by atoms with E-state index in [1.54, 1.807) is 30.3 Å². The van der Waals surface area contributed by atoms with Gasteiger partial charge >= 0.3 is 0 Å². The van der Waals surface area contributed by atoms with Gasteiger partial charge in [-0.15, -0.1) is 0 Å². The molecule has 2 heterocycles. The number of amides is 10. The lowest BCUT2D eigenvalue weighted by Gasteiger charge is -2.30. The first-order valence-corrected chi connectivity index (χ1v) is 24.0. The minimum atomic E-state index is -1.52. The Hall–Kier alpha value is -7.54. The van der Waals surface area contributed by atoms with Crippen molar-refractivity contribution in [1.82, 2.24) is 42.1 Å². The first-order chi connectivity index (χ1) is 33.8. The van der Waals surface area contributed by atoms with Crippen molar-refractivity contribution >= 4 is 71.0 Å². The van der Waals surface area contributed by atoms with Crippen LogP contribution in [0.5, 0.6) is 0 Å². The summed E-state index contributed by atoms with van der Waals surface area (Å²) >= 11 is 0. The Morgan fingerprint density at radius 3 is 1.80 bits per heavy atom. The third-order valence-electron chi connectivity index (χ3n) is 12.4. The van der Waals surface area contributed by atoms with E-state index in [2.05, 4.69) is 47.2 Å². The number of nitrogens with two attached hydrogens (primary N) is 6. The van der Waals surface area contributed by atoms with Gasteiger partial charge in [0.1, 0.15) is 42.3 Å². The Morgan fingerprint density at radius 2 is 1.24 bits per heavy atom. The van der Waals surface area contributed by atoms with Gasteiger partial charge in [-0.25, -0.2) is 0 Å². The lowest BCUT2D eigenvalue weighted by atomic mass is 9.84. The topological polar surface area (TPSA) is 439 Å². The van der Waals surface area contributed by atoms with Crippen molar-refractivity contribution in [2.24, 2.45) is 50.3 Å². The number of carbonyl (C=O) groups is 10. The molecule has 0 radical (unpaired) electrons. The maximum atomic E-state index is 14.3. The maximum Gasteiger partial charge on any atom is 0.254 e. The van der Waals surface area contributed by atoms with Gasteiger partial charge in [0.05, 0.1) is 6.42 Å². The summed E-state index contributed by atoms with van der Waals surface area (Å²) < 4.78 is 0. The molecule has 7 atom stereocenters. The molecule has 3 aliphatic rings. The number of guanidine groups is 2. The van der Waals surface area contributed by atoms with Gasteiger partial charge < -0.3 is 76.5 Å². The number of hydrogen-bond acceptors (Lipinski definition) is 12. The van der Waals surface area contributed by atoms with Crippen molar-refractivity contribution in [3.63, 3.8) is 0 Å². The molecule has 0 unspecified atom stereocenters. The van der Waals surface area contributed by atoms with E-state index in [-0.39, 0.29) is 81.9 Å². The lowest BCUT2D eigenvalue weighted by Crippen LogP contribution is -2.62. The number of hydrogen-bond donors (Lipinski definition) is 13. The number of primary amides is 2. The van der Waals surface area contributed by atoms with E-state index in [1.165, 1.54) is 4.90 Å². The van der Waals surface area contributed by atoms with Gasteiger partial charge in [0.15, 0.2) is 11.9 Å². The molecule has 1 saturated carbocycles. The number of nitrogens with one attached hydrogen (secondary N) is 7. The molecule has 2 aliphatic heterocycles. The number of carbonyl (C=O) groups excluding carboxylic acids is 10. The van der Waals surface area contributed by atoms with Gasteiger partial charge in [-0.2, -0.15) is 0 Å². The zero-order chi connectivity index (χ0) is 52.0. The molecule has 71 heavy (non-hydrogen) atoms.